The predicted octanol–water partition coefficient (Wildman–Crippen LogP) is 1.26. The molecule has 0 saturated carbocycles. The number of aromatic carboxylic acids is 1. The van der Waals surface area contributed by atoms with Gasteiger partial charge in [-0.3, -0.25) is 9.59 Å². The van der Waals surface area contributed by atoms with Gasteiger partial charge < -0.3 is 15.3 Å². The van der Waals surface area contributed by atoms with Crippen molar-refractivity contribution in [1.82, 2.24) is 10.2 Å². The molecule has 0 atom stereocenters. The highest BCUT2D eigenvalue weighted by Gasteiger charge is 2.25. The molecule has 0 spiro atoms. The van der Waals surface area contributed by atoms with E-state index in [9.17, 15) is 14.4 Å². The van der Waals surface area contributed by atoms with Crippen molar-refractivity contribution in [3.8, 4) is 0 Å². The summed E-state index contributed by atoms with van der Waals surface area (Å²) in [6, 6.07) is 6.52. The van der Waals surface area contributed by atoms with E-state index in [1.165, 1.54) is 13.0 Å². The van der Waals surface area contributed by atoms with Crippen molar-refractivity contribution in [2.75, 3.05) is 13.1 Å². The normalized spacial score (nSPS) is 15.4. The van der Waals surface area contributed by atoms with Gasteiger partial charge in [0.05, 0.1) is 5.56 Å². The van der Waals surface area contributed by atoms with Crippen molar-refractivity contribution in [1.29, 1.82) is 0 Å². The number of hydrogen-bond donors (Lipinski definition) is 2. The Kier molecular flexibility index (Phi) is 5.14. The summed E-state index contributed by atoms with van der Waals surface area (Å²) < 4.78 is 0. The maximum absolute atomic E-state index is 12.1. The maximum Gasteiger partial charge on any atom is 0.335 e. The fourth-order valence-corrected chi connectivity index (χ4v) is 2.60. The number of piperidine rings is 1. The van der Waals surface area contributed by atoms with Gasteiger partial charge in [-0.25, -0.2) is 4.79 Å². The molecule has 2 N–H and O–H groups in total. The number of carbonyl (C=O) groups is 3. The third-order valence-corrected chi connectivity index (χ3v) is 3.95. The molecule has 1 saturated heterocycles. The zero-order valence-electron chi connectivity index (χ0n) is 12.5. The Balaban J connectivity index is 1.84. The summed E-state index contributed by atoms with van der Waals surface area (Å²) in [7, 11) is 0. The summed E-state index contributed by atoms with van der Waals surface area (Å²) in [5, 5.41) is 11.8. The number of carboxylic acid groups (broad SMARTS) is 1. The second kappa shape index (κ2) is 7.06. The molecule has 1 aliphatic rings. The highest BCUT2D eigenvalue weighted by molar-refractivity contribution is 5.87. The number of likely N-dealkylation sites (tertiary alicyclic amines) is 1. The summed E-state index contributed by atoms with van der Waals surface area (Å²) in [5.74, 6) is -1.06. The highest BCUT2D eigenvalue weighted by atomic mass is 16.4. The minimum Gasteiger partial charge on any atom is -0.478 e. The van der Waals surface area contributed by atoms with Crippen LogP contribution in [0.25, 0.3) is 0 Å². The lowest BCUT2D eigenvalue weighted by molar-refractivity contribution is -0.134. The molecule has 1 heterocycles. The molecule has 6 heteroatoms. The van der Waals surface area contributed by atoms with Crippen molar-refractivity contribution in [2.24, 2.45) is 5.92 Å². The van der Waals surface area contributed by atoms with Gasteiger partial charge in [0.25, 0.3) is 0 Å². The summed E-state index contributed by atoms with van der Waals surface area (Å²) in [5.41, 5.74) is 0.968. The van der Waals surface area contributed by atoms with Crippen LogP contribution in [0.1, 0.15) is 35.7 Å². The van der Waals surface area contributed by atoms with Crippen LogP contribution in [0.4, 0.5) is 0 Å². The van der Waals surface area contributed by atoms with Gasteiger partial charge in [-0.1, -0.05) is 12.1 Å². The molecule has 0 unspecified atom stereocenters. The van der Waals surface area contributed by atoms with Crippen molar-refractivity contribution < 1.29 is 19.5 Å². The third-order valence-electron chi connectivity index (χ3n) is 3.95. The Morgan fingerprint density at radius 3 is 2.55 bits per heavy atom. The van der Waals surface area contributed by atoms with E-state index in [1.807, 2.05) is 0 Å². The molecule has 0 radical (unpaired) electrons. The Bertz CT molecular complexity index is 577. The van der Waals surface area contributed by atoms with E-state index >= 15 is 0 Å². The summed E-state index contributed by atoms with van der Waals surface area (Å²) in [4.78, 5) is 36.0. The van der Waals surface area contributed by atoms with Crippen LogP contribution in [0.15, 0.2) is 24.3 Å². The fourth-order valence-electron chi connectivity index (χ4n) is 2.60. The van der Waals surface area contributed by atoms with Crippen LogP contribution in [-0.2, 0) is 16.1 Å². The van der Waals surface area contributed by atoms with Gasteiger partial charge in [0.2, 0.25) is 11.8 Å². The van der Waals surface area contributed by atoms with Crippen molar-refractivity contribution in [2.45, 2.75) is 26.3 Å². The molecule has 6 nitrogen and oxygen atoms in total. The van der Waals surface area contributed by atoms with E-state index in [1.54, 1.807) is 23.1 Å². The van der Waals surface area contributed by atoms with Crippen LogP contribution in [0.2, 0.25) is 0 Å². The summed E-state index contributed by atoms with van der Waals surface area (Å²) in [6.07, 6.45) is 1.33. The van der Waals surface area contributed by atoms with Gasteiger partial charge in [0.15, 0.2) is 0 Å². The fraction of sp³-hybridized carbons (Fsp3) is 0.438. The second-order valence-electron chi connectivity index (χ2n) is 5.50. The van der Waals surface area contributed by atoms with Crippen LogP contribution in [-0.4, -0.2) is 40.9 Å². The predicted molar refractivity (Wildman–Crippen MR) is 80.2 cm³/mol. The van der Waals surface area contributed by atoms with E-state index < -0.39 is 5.97 Å². The largest absolute Gasteiger partial charge is 0.478 e. The number of carboxylic acids is 1. The van der Waals surface area contributed by atoms with Gasteiger partial charge in [-0.2, -0.15) is 0 Å². The first-order valence-electron chi connectivity index (χ1n) is 7.33. The number of nitrogens with one attached hydrogen (secondary N) is 1. The van der Waals surface area contributed by atoms with E-state index in [4.69, 9.17) is 5.11 Å². The SMILES string of the molecule is CC(=O)N1CCC(C(=O)NCc2cccc(C(=O)O)c2)CC1. The van der Waals surface area contributed by atoms with Crippen molar-refractivity contribution in [3.05, 3.63) is 35.4 Å². The van der Waals surface area contributed by atoms with Gasteiger partial charge in [-0.15, -0.1) is 0 Å². The standard InChI is InChI=1S/C16H20N2O4/c1-11(19)18-7-5-13(6-8-18)15(20)17-10-12-3-2-4-14(9-12)16(21)22/h2-4,9,13H,5-8,10H2,1H3,(H,17,20)(H,21,22). The molecule has 0 aromatic heterocycles. The maximum atomic E-state index is 12.1. The summed E-state index contributed by atoms with van der Waals surface area (Å²) in [6.45, 7) is 3.08. The number of hydrogen-bond acceptors (Lipinski definition) is 3. The van der Waals surface area contributed by atoms with Gasteiger partial charge in [0, 0.05) is 32.5 Å². The monoisotopic (exact) mass is 304 g/mol. The van der Waals surface area contributed by atoms with Crippen LogP contribution in [0, 0.1) is 5.92 Å². The zero-order chi connectivity index (χ0) is 16.1. The molecular formula is C16H20N2O4. The molecular weight excluding hydrogens is 284 g/mol. The average Bonchev–Trinajstić information content (AvgIpc) is 2.53. The Labute approximate surface area is 129 Å². The van der Waals surface area contributed by atoms with E-state index in [-0.39, 0.29) is 23.3 Å². The Morgan fingerprint density at radius 1 is 1.27 bits per heavy atom. The lowest BCUT2D eigenvalue weighted by atomic mass is 9.96. The topological polar surface area (TPSA) is 86.7 Å². The number of benzene rings is 1. The first kappa shape index (κ1) is 16.0. The first-order chi connectivity index (χ1) is 10.5. The first-order valence-corrected chi connectivity index (χ1v) is 7.33. The summed E-state index contributed by atoms with van der Waals surface area (Å²) >= 11 is 0. The Morgan fingerprint density at radius 2 is 1.95 bits per heavy atom. The molecule has 0 aliphatic carbocycles. The van der Waals surface area contributed by atoms with Crippen LogP contribution < -0.4 is 5.32 Å². The Hall–Kier alpha value is -2.37. The third kappa shape index (κ3) is 4.07. The lowest BCUT2D eigenvalue weighted by Crippen LogP contribution is -2.42. The van der Waals surface area contributed by atoms with Gasteiger partial charge >= 0.3 is 5.97 Å². The van der Waals surface area contributed by atoms with E-state index in [0.29, 0.717) is 32.5 Å². The zero-order valence-corrected chi connectivity index (χ0v) is 12.5. The molecule has 118 valence electrons. The quantitative estimate of drug-likeness (QED) is 0.876. The highest BCUT2D eigenvalue weighted by Crippen LogP contribution is 2.17. The van der Waals surface area contributed by atoms with E-state index in [0.717, 1.165) is 5.56 Å². The van der Waals surface area contributed by atoms with Gasteiger partial charge in [0.1, 0.15) is 0 Å². The number of nitrogens with zero attached hydrogens (tertiary/aromatic N) is 1. The van der Waals surface area contributed by atoms with Gasteiger partial charge in [-0.05, 0) is 30.5 Å². The second-order valence-corrected chi connectivity index (χ2v) is 5.50. The number of amides is 2. The lowest BCUT2D eigenvalue weighted by Gasteiger charge is -2.30. The molecule has 22 heavy (non-hydrogen) atoms. The van der Waals surface area contributed by atoms with Crippen LogP contribution in [0.3, 0.4) is 0 Å². The molecule has 1 aliphatic heterocycles. The van der Waals surface area contributed by atoms with E-state index in [2.05, 4.69) is 5.32 Å². The van der Waals surface area contributed by atoms with Crippen molar-refractivity contribution >= 4 is 17.8 Å². The number of carbonyl (C=O) groups excluding carboxylic acids is 2. The molecule has 1 aromatic carbocycles. The van der Waals surface area contributed by atoms with Crippen LogP contribution >= 0.6 is 0 Å². The molecule has 1 fully saturated rings. The average molecular weight is 304 g/mol. The molecule has 2 amide bonds. The minimum absolute atomic E-state index is 0.0380. The minimum atomic E-state index is -0.982. The smallest absolute Gasteiger partial charge is 0.335 e. The molecule has 0 bridgehead atoms. The van der Waals surface area contributed by atoms with Crippen LogP contribution in [0.5, 0.6) is 0 Å². The van der Waals surface area contributed by atoms with Crippen molar-refractivity contribution in [3.63, 3.8) is 0 Å². The molecule has 2 rings (SSSR count). The number of rotatable bonds is 4. The molecule has 1 aromatic rings.